The van der Waals surface area contributed by atoms with Gasteiger partial charge >= 0.3 is 0 Å². The highest BCUT2D eigenvalue weighted by atomic mass is 35.5. The third-order valence-corrected chi connectivity index (χ3v) is 4.20. The molecule has 0 unspecified atom stereocenters. The van der Waals surface area contributed by atoms with Crippen LogP contribution in [0.2, 0.25) is 4.34 Å². The molecule has 0 aliphatic rings. The van der Waals surface area contributed by atoms with Crippen molar-refractivity contribution in [3.05, 3.63) is 56.7 Å². The van der Waals surface area contributed by atoms with Crippen LogP contribution in [0.15, 0.2) is 36.4 Å². The van der Waals surface area contributed by atoms with Gasteiger partial charge in [0.15, 0.2) is 0 Å². The molecular weight excluding hydrogens is 296 g/mol. The highest BCUT2D eigenvalue weighted by Gasteiger charge is 2.04. The van der Waals surface area contributed by atoms with E-state index in [1.165, 1.54) is 10.4 Å². The summed E-state index contributed by atoms with van der Waals surface area (Å²) in [6, 6.07) is 12.1. The van der Waals surface area contributed by atoms with Crippen molar-refractivity contribution in [2.75, 3.05) is 7.05 Å². The molecule has 0 radical (unpaired) electrons. The number of hydrogen-bond donors (Lipinski definition) is 1. The molecule has 2 N–H and O–H groups in total. The molecule has 0 saturated heterocycles. The lowest BCUT2D eigenvalue weighted by Gasteiger charge is -2.15. The first-order valence-electron chi connectivity index (χ1n) is 5.86. The van der Waals surface area contributed by atoms with Crippen molar-refractivity contribution in [3.8, 4) is 0 Å². The van der Waals surface area contributed by atoms with Gasteiger partial charge in [0.2, 0.25) is 0 Å². The number of thiophene rings is 1. The Bertz CT molecular complexity index is 563. The van der Waals surface area contributed by atoms with Crippen molar-refractivity contribution in [1.29, 1.82) is 0 Å². The third kappa shape index (κ3) is 4.28. The van der Waals surface area contributed by atoms with Crippen LogP contribution in [0.5, 0.6) is 0 Å². The van der Waals surface area contributed by atoms with Crippen LogP contribution in [0, 0.1) is 0 Å². The Hall–Kier alpha value is -0.940. The normalized spacial score (nSPS) is 10.9. The van der Waals surface area contributed by atoms with Gasteiger partial charge in [-0.3, -0.25) is 4.90 Å². The number of nitrogens with zero attached hydrogens (tertiary/aromatic N) is 1. The fourth-order valence-electron chi connectivity index (χ4n) is 1.84. The monoisotopic (exact) mass is 310 g/mol. The largest absolute Gasteiger partial charge is 0.389 e. The topological polar surface area (TPSA) is 29.3 Å². The second-order valence-corrected chi connectivity index (χ2v) is 6.68. The lowest BCUT2D eigenvalue weighted by molar-refractivity contribution is 0.322. The summed E-state index contributed by atoms with van der Waals surface area (Å²) in [4.78, 5) is 3.96. The molecule has 2 aromatic rings. The molecule has 0 aliphatic heterocycles. The second kappa shape index (κ2) is 6.48. The average Bonchev–Trinajstić information content (AvgIpc) is 2.75. The summed E-state index contributed by atoms with van der Waals surface area (Å²) < 4.78 is 0.837. The van der Waals surface area contributed by atoms with Crippen LogP contribution in [0.4, 0.5) is 0 Å². The lowest BCUT2D eigenvalue weighted by Crippen LogP contribution is -2.16. The maximum Gasteiger partial charge on any atom is 0.103 e. The molecule has 0 aliphatic carbocycles. The van der Waals surface area contributed by atoms with Crippen LogP contribution in [0.25, 0.3) is 0 Å². The predicted octanol–water partition coefficient (Wildman–Crippen LogP) is 3.67. The fourth-order valence-corrected chi connectivity index (χ4v) is 3.15. The Morgan fingerprint density at radius 2 is 1.89 bits per heavy atom. The van der Waals surface area contributed by atoms with Crippen LogP contribution in [-0.2, 0) is 13.1 Å². The molecule has 5 heteroatoms. The quantitative estimate of drug-likeness (QED) is 0.854. The van der Waals surface area contributed by atoms with Crippen LogP contribution >= 0.6 is 35.2 Å². The van der Waals surface area contributed by atoms with E-state index in [1.54, 1.807) is 11.3 Å². The zero-order valence-electron chi connectivity index (χ0n) is 10.6. The number of thiocarbonyl (C=S) groups is 1. The van der Waals surface area contributed by atoms with E-state index in [0.29, 0.717) is 4.99 Å². The van der Waals surface area contributed by atoms with Gasteiger partial charge in [-0.2, -0.15) is 0 Å². The number of nitrogens with two attached hydrogens (primary N) is 1. The fraction of sp³-hybridized carbons (Fsp3) is 0.214. The summed E-state index contributed by atoms with van der Waals surface area (Å²) in [5.41, 5.74) is 7.73. The summed E-state index contributed by atoms with van der Waals surface area (Å²) >= 11 is 12.5. The molecule has 0 fully saturated rings. The summed E-state index contributed by atoms with van der Waals surface area (Å²) in [7, 11) is 2.09. The van der Waals surface area contributed by atoms with Gasteiger partial charge in [0.05, 0.1) is 4.34 Å². The van der Waals surface area contributed by atoms with Crippen LogP contribution < -0.4 is 5.73 Å². The minimum Gasteiger partial charge on any atom is -0.389 e. The van der Waals surface area contributed by atoms with Gasteiger partial charge in [-0.15, -0.1) is 11.3 Å². The van der Waals surface area contributed by atoms with E-state index in [-0.39, 0.29) is 0 Å². The molecule has 19 heavy (non-hydrogen) atoms. The Balaban J connectivity index is 1.94. The molecule has 2 rings (SSSR count). The van der Waals surface area contributed by atoms with Crippen LogP contribution in [0.1, 0.15) is 16.0 Å². The van der Waals surface area contributed by atoms with E-state index in [1.807, 2.05) is 18.2 Å². The predicted molar refractivity (Wildman–Crippen MR) is 86.8 cm³/mol. The van der Waals surface area contributed by atoms with E-state index in [9.17, 15) is 0 Å². The SMILES string of the molecule is CN(Cc1ccc(C(N)=S)cc1)Cc1ccc(Cl)s1. The van der Waals surface area contributed by atoms with E-state index in [2.05, 4.69) is 30.1 Å². The zero-order valence-corrected chi connectivity index (χ0v) is 13.0. The lowest BCUT2D eigenvalue weighted by atomic mass is 10.1. The Kier molecular flexibility index (Phi) is 4.93. The molecule has 0 amide bonds. The van der Waals surface area contributed by atoms with E-state index >= 15 is 0 Å². The molecule has 1 aromatic carbocycles. The minimum absolute atomic E-state index is 0.438. The molecule has 100 valence electrons. The summed E-state index contributed by atoms with van der Waals surface area (Å²) in [5, 5.41) is 0. The van der Waals surface area contributed by atoms with Crippen LogP contribution in [0.3, 0.4) is 0 Å². The second-order valence-electron chi connectivity index (χ2n) is 4.44. The molecule has 0 saturated carbocycles. The Labute approximate surface area is 127 Å². The first-order valence-corrected chi connectivity index (χ1v) is 7.46. The van der Waals surface area contributed by atoms with Crippen molar-refractivity contribution in [2.45, 2.75) is 13.1 Å². The van der Waals surface area contributed by atoms with Crippen molar-refractivity contribution in [3.63, 3.8) is 0 Å². The Morgan fingerprint density at radius 3 is 2.42 bits per heavy atom. The molecule has 0 spiro atoms. The van der Waals surface area contributed by atoms with Gasteiger partial charge in [-0.05, 0) is 24.7 Å². The van der Waals surface area contributed by atoms with Crippen molar-refractivity contribution < 1.29 is 0 Å². The van der Waals surface area contributed by atoms with Gasteiger partial charge in [0.1, 0.15) is 4.99 Å². The smallest absolute Gasteiger partial charge is 0.103 e. The Morgan fingerprint density at radius 1 is 1.21 bits per heavy atom. The molecular formula is C14H15ClN2S2. The molecule has 0 bridgehead atoms. The van der Waals surface area contributed by atoms with Gasteiger partial charge in [0.25, 0.3) is 0 Å². The zero-order chi connectivity index (χ0) is 13.8. The number of rotatable bonds is 5. The first kappa shape index (κ1) is 14.5. The molecule has 1 heterocycles. The maximum absolute atomic E-state index is 5.93. The summed E-state index contributed by atoms with van der Waals surface area (Å²) in [5.74, 6) is 0. The highest BCUT2D eigenvalue weighted by molar-refractivity contribution is 7.80. The molecule has 0 atom stereocenters. The van der Waals surface area contributed by atoms with Crippen molar-refractivity contribution in [1.82, 2.24) is 4.90 Å². The first-order chi connectivity index (χ1) is 9.04. The number of benzene rings is 1. The highest BCUT2D eigenvalue weighted by Crippen LogP contribution is 2.22. The molecule has 1 aromatic heterocycles. The third-order valence-electron chi connectivity index (χ3n) is 2.75. The van der Waals surface area contributed by atoms with E-state index in [0.717, 1.165) is 23.0 Å². The van der Waals surface area contributed by atoms with Gasteiger partial charge < -0.3 is 5.73 Å². The van der Waals surface area contributed by atoms with E-state index in [4.69, 9.17) is 29.6 Å². The van der Waals surface area contributed by atoms with Gasteiger partial charge in [0, 0.05) is 23.5 Å². The average molecular weight is 311 g/mol. The summed E-state index contributed by atoms with van der Waals surface area (Å²) in [6.07, 6.45) is 0. The van der Waals surface area contributed by atoms with Gasteiger partial charge in [-0.25, -0.2) is 0 Å². The standard InChI is InChI=1S/C14H15ClN2S2/c1-17(9-12-6-7-13(15)19-12)8-10-2-4-11(5-3-10)14(16)18/h2-7H,8-9H2,1H3,(H2,16,18). The minimum atomic E-state index is 0.438. The van der Waals surface area contributed by atoms with Crippen molar-refractivity contribution >= 4 is 40.1 Å². The molecule has 2 nitrogen and oxygen atoms in total. The van der Waals surface area contributed by atoms with Gasteiger partial charge in [-0.1, -0.05) is 48.1 Å². The summed E-state index contributed by atoms with van der Waals surface area (Å²) in [6.45, 7) is 1.78. The van der Waals surface area contributed by atoms with Crippen LogP contribution in [-0.4, -0.2) is 16.9 Å². The van der Waals surface area contributed by atoms with E-state index < -0.39 is 0 Å². The number of hydrogen-bond acceptors (Lipinski definition) is 3. The number of halogens is 1. The van der Waals surface area contributed by atoms with Crippen molar-refractivity contribution in [2.24, 2.45) is 5.73 Å². The maximum atomic E-state index is 5.93.